The quantitative estimate of drug-likeness (QED) is 0.374. The SMILES string of the molecule is C=CC(=O)C(=C)/C(O)=C(\CC)[C@H](CCC)C[C@H]1CCCCO1. The Balaban J connectivity index is 2.94. The van der Waals surface area contributed by atoms with E-state index in [0.29, 0.717) is 6.42 Å². The van der Waals surface area contributed by atoms with Gasteiger partial charge in [0.15, 0.2) is 5.78 Å². The first-order valence-electron chi connectivity index (χ1n) is 8.44. The maximum absolute atomic E-state index is 11.7. The topological polar surface area (TPSA) is 46.5 Å². The molecule has 0 aliphatic carbocycles. The van der Waals surface area contributed by atoms with Crippen LogP contribution in [0.1, 0.15) is 58.8 Å². The molecule has 3 heteroatoms. The Morgan fingerprint density at radius 1 is 1.41 bits per heavy atom. The smallest absolute Gasteiger partial charge is 0.188 e. The van der Waals surface area contributed by atoms with Gasteiger partial charge in [-0.3, -0.25) is 4.79 Å². The summed E-state index contributed by atoms with van der Waals surface area (Å²) < 4.78 is 5.85. The number of carbonyl (C=O) groups excluding carboxylic acids is 1. The van der Waals surface area contributed by atoms with Gasteiger partial charge in [-0.25, -0.2) is 0 Å². The van der Waals surface area contributed by atoms with Crippen LogP contribution in [-0.4, -0.2) is 23.6 Å². The molecule has 1 aliphatic rings. The predicted octanol–water partition coefficient (Wildman–Crippen LogP) is 4.90. The molecule has 0 radical (unpaired) electrons. The molecule has 1 heterocycles. The van der Waals surface area contributed by atoms with Crippen molar-refractivity contribution in [2.24, 2.45) is 5.92 Å². The van der Waals surface area contributed by atoms with E-state index in [-0.39, 0.29) is 29.1 Å². The number of rotatable bonds is 9. The highest BCUT2D eigenvalue weighted by Gasteiger charge is 2.24. The molecule has 2 atom stereocenters. The third-order valence-corrected chi connectivity index (χ3v) is 4.41. The normalized spacial score (nSPS) is 20.9. The van der Waals surface area contributed by atoms with E-state index >= 15 is 0 Å². The lowest BCUT2D eigenvalue weighted by molar-refractivity contribution is -0.111. The molecule has 0 saturated carbocycles. The zero-order chi connectivity index (χ0) is 16.5. The van der Waals surface area contributed by atoms with Gasteiger partial charge >= 0.3 is 0 Å². The Labute approximate surface area is 134 Å². The monoisotopic (exact) mass is 306 g/mol. The van der Waals surface area contributed by atoms with Gasteiger partial charge in [-0.15, -0.1) is 0 Å². The molecule has 0 aromatic heterocycles. The minimum absolute atomic E-state index is 0.0571. The number of carbonyl (C=O) groups is 1. The highest BCUT2D eigenvalue weighted by Crippen LogP contribution is 2.32. The molecule has 1 fully saturated rings. The number of ether oxygens (including phenoxy) is 1. The van der Waals surface area contributed by atoms with Gasteiger partial charge in [-0.05, 0) is 56.1 Å². The van der Waals surface area contributed by atoms with Crippen LogP contribution >= 0.6 is 0 Å². The van der Waals surface area contributed by atoms with Gasteiger partial charge < -0.3 is 9.84 Å². The van der Waals surface area contributed by atoms with Crippen LogP contribution in [0.2, 0.25) is 0 Å². The fourth-order valence-corrected chi connectivity index (χ4v) is 3.18. The lowest BCUT2D eigenvalue weighted by Crippen LogP contribution is -2.24. The zero-order valence-electron chi connectivity index (χ0n) is 14.1. The van der Waals surface area contributed by atoms with Crippen LogP contribution < -0.4 is 0 Å². The summed E-state index contributed by atoms with van der Waals surface area (Å²) >= 11 is 0. The third kappa shape index (κ3) is 5.13. The van der Waals surface area contributed by atoms with E-state index < -0.39 is 0 Å². The van der Waals surface area contributed by atoms with E-state index in [2.05, 4.69) is 20.1 Å². The van der Waals surface area contributed by atoms with E-state index in [0.717, 1.165) is 44.3 Å². The summed E-state index contributed by atoms with van der Waals surface area (Å²) in [5, 5.41) is 10.5. The summed E-state index contributed by atoms with van der Waals surface area (Å²) in [7, 11) is 0. The highest BCUT2D eigenvalue weighted by molar-refractivity contribution is 6.06. The molecular formula is C19H30O3. The fraction of sp³-hybridized carbons (Fsp3) is 0.632. The van der Waals surface area contributed by atoms with Crippen LogP contribution in [0.3, 0.4) is 0 Å². The van der Waals surface area contributed by atoms with E-state index in [9.17, 15) is 9.90 Å². The second kappa shape index (κ2) is 9.62. The number of aliphatic hydroxyl groups excluding tert-OH is 1. The molecule has 1 saturated heterocycles. The van der Waals surface area contributed by atoms with Crippen molar-refractivity contribution >= 4 is 5.78 Å². The first kappa shape index (κ1) is 18.7. The first-order chi connectivity index (χ1) is 10.5. The van der Waals surface area contributed by atoms with E-state index in [1.54, 1.807) is 0 Å². The fourth-order valence-electron chi connectivity index (χ4n) is 3.18. The van der Waals surface area contributed by atoms with Crippen LogP contribution in [0.15, 0.2) is 36.1 Å². The molecule has 124 valence electrons. The number of hydrogen-bond acceptors (Lipinski definition) is 3. The average Bonchev–Trinajstić information content (AvgIpc) is 2.55. The van der Waals surface area contributed by atoms with Crippen LogP contribution in [0.4, 0.5) is 0 Å². The van der Waals surface area contributed by atoms with Gasteiger partial charge in [0.2, 0.25) is 0 Å². The van der Waals surface area contributed by atoms with E-state index in [1.807, 2.05) is 6.92 Å². The van der Waals surface area contributed by atoms with Crippen molar-refractivity contribution in [3.05, 3.63) is 36.1 Å². The largest absolute Gasteiger partial charge is 0.507 e. The molecule has 0 unspecified atom stereocenters. The summed E-state index contributed by atoms with van der Waals surface area (Å²) in [6.07, 6.45) is 8.56. The first-order valence-corrected chi connectivity index (χ1v) is 8.44. The molecule has 0 aromatic carbocycles. The number of aliphatic hydroxyl groups is 1. The van der Waals surface area contributed by atoms with Crippen molar-refractivity contribution in [3.63, 3.8) is 0 Å². The zero-order valence-corrected chi connectivity index (χ0v) is 14.1. The minimum atomic E-state index is -0.312. The Bertz CT molecular complexity index is 428. The molecule has 1 aliphatic heterocycles. The van der Waals surface area contributed by atoms with Gasteiger partial charge in [0, 0.05) is 6.61 Å². The maximum Gasteiger partial charge on any atom is 0.188 e. The molecule has 0 aromatic rings. The number of allylic oxidation sites excluding steroid dienone is 3. The third-order valence-electron chi connectivity index (χ3n) is 4.41. The lowest BCUT2D eigenvalue weighted by Gasteiger charge is -2.28. The van der Waals surface area contributed by atoms with Gasteiger partial charge in [-0.1, -0.05) is 33.4 Å². The van der Waals surface area contributed by atoms with Crippen molar-refractivity contribution in [2.45, 2.75) is 64.9 Å². The average molecular weight is 306 g/mol. The van der Waals surface area contributed by atoms with Crippen molar-refractivity contribution < 1.29 is 14.6 Å². The van der Waals surface area contributed by atoms with Crippen molar-refractivity contribution in [1.29, 1.82) is 0 Å². The summed E-state index contributed by atoms with van der Waals surface area (Å²) in [6.45, 7) is 12.2. The van der Waals surface area contributed by atoms with Crippen molar-refractivity contribution in [1.82, 2.24) is 0 Å². The summed E-state index contributed by atoms with van der Waals surface area (Å²) in [4.78, 5) is 11.7. The summed E-state index contributed by atoms with van der Waals surface area (Å²) in [5.74, 6) is -0.0123. The predicted molar refractivity (Wildman–Crippen MR) is 90.9 cm³/mol. The van der Waals surface area contributed by atoms with Gasteiger partial charge in [-0.2, -0.15) is 0 Å². The minimum Gasteiger partial charge on any atom is -0.507 e. The molecule has 1 N–H and O–H groups in total. The van der Waals surface area contributed by atoms with Crippen LogP contribution in [0, 0.1) is 5.92 Å². The van der Waals surface area contributed by atoms with Crippen molar-refractivity contribution in [2.75, 3.05) is 6.61 Å². The Morgan fingerprint density at radius 2 is 2.14 bits per heavy atom. The van der Waals surface area contributed by atoms with Crippen LogP contribution in [0.5, 0.6) is 0 Å². The summed E-state index contributed by atoms with van der Waals surface area (Å²) in [6, 6.07) is 0. The molecule has 3 nitrogen and oxygen atoms in total. The Morgan fingerprint density at radius 3 is 2.64 bits per heavy atom. The number of hydrogen-bond donors (Lipinski definition) is 1. The summed E-state index contributed by atoms with van der Waals surface area (Å²) in [5.41, 5.74) is 1.08. The lowest BCUT2D eigenvalue weighted by atomic mass is 9.84. The second-order valence-corrected chi connectivity index (χ2v) is 5.98. The highest BCUT2D eigenvalue weighted by atomic mass is 16.5. The molecule has 0 spiro atoms. The van der Waals surface area contributed by atoms with E-state index in [4.69, 9.17) is 4.74 Å². The molecular weight excluding hydrogens is 276 g/mol. The van der Waals surface area contributed by atoms with Gasteiger partial charge in [0.05, 0.1) is 11.7 Å². The maximum atomic E-state index is 11.7. The second-order valence-electron chi connectivity index (χ2n) is 5.98. The molecule has 0 amide bonds. The molecule has 22 heavy (non-hydrogen) atoms. The number of ketones is 1. The van der Waals surface area contributed by atoms with Crippen LogP contribution in [0.25, 0.3) is 0 Å². The van der Waals surface area contributed by atoms with E-state index in [1.165, 1.54) is 12.5 Å². The molecule has 0 bridgehead atoms. The Hall–Kier alpha value is -1.35. The van der Waals surface area contributed by atoms with Crippen LogP contribution in [-0.2, 0) is 9.53 Å². The van der Waals surface area contributed by atoms with Gasteiger partial charge in [0.1, 0.15) is 5.76 Å². The van der Waals surface area contributed by atoms with Crippen molar-refractivity contribution in [3.8, 4) is 0 Å². The Kier molecular flexibility index (Phi) is 8.18. The molecule has 1 rings (SSSR count). The standard InChI is InChI=1S/C19H30O3/c1-5-10-15(13-16-11-8-9-12-22-16)17(6-2)19(21)14(4)18(20)7-3/h7,15-16,21H,3-6,8-13H2,1-2H3/b19-17-/t15-,16-/m1/s1. The van der Waals surface area contributed by atoms with Gasteiger partial charge in [0.25, 0.3) is 0 Å².